The topological polar surface area (TPSA) is 63.0 Å². The maximum absolute atomic E-state index is 13.4. The number of para-hydroxylation sites is 1. The molecular formula is C22H17BrN2O4. The van der Waals surface area contributed by atoms with E-state index in [0.29, 0.717) is 11.4 Å². The lowest BCUT2D eigenvalue weighted by Crippen LogP contribution is -2.37. The number of hydrogen-bond donors (Lipinski definition) is 0. The number of aryl methyl sites for hydroxylation is 1. The van der Waals surface area contributed by atoms with Gasteiger partial charge in [-0.1, -0.05) is 34.1 Å². The van der Waals surface area contributed by atoms with Crippen molar-refractivity contribution in [2.45, 2.75) is 19.1 Å². The van der Waals surface area contributed by atoms with Crippen LogP contribution in [0.4, 0.5) is 11.4 Å². The zero-order valence-corrected chi connectivity index (χ0v) is 17.1. The first-order valence-electron chi connectivity index (χ1n) is 9.24. The van der Waals surface area contributed by atoms with Crippen LogP contribution in [0.1, 0.15) is 17.4 Å². The standard InChI is InChI=1S/C22H17BrN2O4/c1-13-5-2-3-6-16(13)25-19(17-7-4-12-28-17)18-20(29-25)22(27)24(21(18)26)15-10-8-14(23)9-11-15/h2-12,18-20H,1H3/t18-,19-,20+/m1/s1. The van der Waals surface area contributed by atoms with Crippen LogP contribution in [0.5, 0.6) is 0 Å². The van der Waals surface area contributed by atoms with Gasteiger partial charge in [-0.15, -0.1) is 0 Å². The first kappa shape index (κ1) is 18.1. The summed E-state index contributed by atoms with van der Waals surface area (Å²) in [4.78, 5) is 33.9. The summed E-state index contributed by atoms with van der Waals surface area (Å²) >= 11 is 3.38. The Labute approximate surface area is 175 Å². The molecule has 2 aliphatic heterocycles. The van der Waals surface area contributed by atoms with Gasteiger partial charge in [-0.05, 0) is 55.0 Å². The predicted molar refractivity (Wildman–Crippen MR) is 110 cm³/mol. The van der Waals surface area contributed by atoms with Crippen LogP contribution in [0.25, 0.3) is 0 Å². The number of benzene rings is 2. The van der Waals surface area contributed by atoms with Crippen LogP contribution in [0.15, 0.2) is 75.8 Å². The van der Waals surface area contributed by atoms with E-state index in [1.807, 2.05) is 37.3 Å². The van der Waals surface area contributed by atoms with Gasteiger partial charge in [-0.3, -0.25) is 14.4 Å². The lowest BCUT2D eigenvalue weighted by molar-refractivity contribution is -0.126. The van der Waals surface area contributed by atoms with Crippen molar-refractivity contribution in [3.05, 3.63) is 82.7 Å². The first-order chi connectivity index (χ1) is 14.1. The van der Waals surface area contributed by atoms with Crippen LogP contribution in [0.2, 0.25) is 0 Å². The molecule has 2 fully saturated rings. The van der Waals surface area contributed by atoms with Gasteiger partial charge in [0.2, 0.25) is 5.91 Å². The number of fused-ring (bicyclic) bond motifs is 1. The van der Waals surface area contributed by atoms with E-state index in [-0.39, 0.29) is 11.8 Å². The molecule has 146 valence electrons. The van der Waals surface area contributed by atoms with E-state index >= 15 is 0 Å². The van der Waals surface area contributed by atoms with E-state index in [9.17, 15) is 9.59 Å². The second-order valence-electron chi connectivity index (χ2n) is 7.11. The fourth-order valence-corrected chi connectivity index (χ4v) is 4.29. The normalized spacial score (nSPS) is 23.7. The fraction of sp³-hybridized carbons (Fsp3) is 0.182. The van der Waals surface area contributed by atoms with Gasteiger partial charge in [0, 0.05) is 4.47 Å². The molecule has 6 nitrogen and oxygen atoms in total. The molecule has 0 aliphatic carbocycles. The summed E-state index contributed by atoms with van der Waals surface area (Å²) in [5.74, 6) is -0.772. The van der Waals surface area contributed by atoms with E-state index in [1.54, 1.807) is 41.7 Å². The zero-order valence-electron chi connectivity index (χ0n) is 15.5. The maximum atomic E-state index is 13.4. The number of amides is 2. The van der Waals surface area contributed by atoms with Gasteiger partial charge < -0.3 is 4.42 Å². The third-order valence-electron chi connectivity index (χ3n) is 5.39. The van der Waals surface area contributed by atoms with Crippen molar-refractivity contribution < 1.29 is 18.8 Å². The van der Waals surface area contributed by atoms with Gasteiger partial charge in [-0.2, -0.15) is 0 Å². The number of hydroxylamine groups is 1. The molecule has 7 heteroatoms. The van der Waals surface area contributed by atoms with E-state index in [2.05, 4.69) is 15.9 Å². The van der Waals surface area contributed by atoms with Crippen LogP contribution >= 0.6 is 15.9 Å². The van der Waals surface area contributed by atoms with E-state index in [0.717, 1.165) is 15.7 Å². The molecular weight excluding hydrogens is 436 g/mol. The van der Waals surface area contributed by atoms with Crippen molar-refractivity contribution in [1.82, 2.24) is 0 Å². The predicted octanol–water partition coefficient (Wildman–Crippen LogP) is 4.40. The minimum absolute atomic E-state index is 0.292. The molecule has 2 saturated heterocycles. The van der Waals surface area contributed by atoms with Gasteiger partial charge in [0.1, 0.15) is 17.7 Å². The lowest BCUT2D eigenvalue weighted by Gasteiger charge is -2.28. The van der Waals surface area contributed by atoms with E-state index < -0.39 is 18.1 Å². The third-order valence-corrected chi connectivity index (χ3v) is 5.92. The van der Waals surface area contributed by atoms with Gasteiger partial charge in [0.15, 0.2) is 6.10 Å². The molecule has 2 aliphatic rings. The highest BCUT2D eigenvalue weighted by Gasteiger charge is 2.61. The van der Waals surface area contributed by atoms with Crippen molar-refractivity contribution in [1.29, 1.82) is 0 Å². The lowest BCUT2D eigenvalue weighted by atomic mass is 9.94. The molecule has 0 saturated carbocycles. The number of furan rings is 1. The van der Waals surface area contributed by atoms with Gasteiger partial charge >= 0.3 is 0 Å². The largest absolute Gasteiger partial charge is 0.467 e. The molecule has 3 aromatic rings. The van der Waals surface area contributed by atoms with Crippen LogP contribution in [0, 0.1) is 12.8 Å². The highest BCUT2D eigenvalue weighted by atomic mass is 79.9. The summed E-state index contributed by atoms with van der Waals surface area (Å²) in [6.45, 7) is 1.96. The molecule has 29 heavy (non-hydrogen) atoms. The first-order valence-corrected chi connectivity index (χ1v) is 10.0. The molecule has 2 amide bonds. The molecule has 0 N–H and O–H groups in total. The van der Waals surface area contributed by atoms with Gasteiger partial charge in [-0.25, -0.2) is 9.96 Å². The van der Waals surface area contributed by atoms with Crippen LogP contribution < -0.4 is 9.96 Å². The molecule has 0 radical (unpaired) electrons. The van der Waals surface area contributed by atoms with Crippen LogP contribution in [0.3, 0.4) is 0 Å². The number of nitrogens with zero attached hydrogens (tertiary/aromatic N) is 2. The maximum Gasteiger partial charge on any atom is 0.266 e. The summed E-state index contributed by atoms with van der Waals surface area (Å²) in [5, 5.41) is 1.65. The fourth-order valence-electron chi connectivity index (χ4n) is 4.03. The number of carbonyl (C=O) groups is 2. The SMILES string of the molecule is Cc1ccccc1N1O[C@@H]2C(=O)N(c3ccc(Br)cc3)C(=O)[C@@H]2[C@H]1c1ccco1. The Hall–Kier alpha value is -2.90. The molecule has 2 aromatic carbocycles. The number of hydrogen-bond acceptors (Lipinski definition) is 5. The Bertz CT molecular complexity index is 1080. The number of anilines is 2. The highest BCUT2D eigenvalue weighted by Crippen LogP contribution is 2.48. The second kappa shape index (κ2) is 6.86. The monoisotopic (exact) mass is 452 g/mol. The Balaban J connectivity index is 1.58. The summed E-state index contributed by atoms with van der Waals surface area (Å²) in [5.41, 5.74) is 2.31. The molecule has 0 spiro atoms. The number of halogens is 1. The Morgan fingerprint density at radius 2 is 1.69 bits per heavy atom. The van der Waals surface area contributed by atoms with Crippen molar-refractivity contribution in [2.75, 3.05) is 9.96 Å². The molecule has 3 atom stereocenters. The minimum Gasteiger partial charge on any atom is -0.467 e. The molecule has 0 bridgehead atoms. The Morgan fingerprint density at radius 1 is 0.931 bits per heavy atom. The van der Waals surface area contributed by atoms with Crippen molar-refractivity contribution in [3.8, 4) is 0 Å². The average Bonchev–Trinajstić information content (AvgIpc) is 3.41. The summed E-state index contributed by atoms with van der Waals surface area (Å²) in [6.07, 6.45) is 0.660. The Morgan fingerprint density at radius 3 is 2.38 bits per heavy atom. The number of carbonyl (C=O) groups excluding carboxylic acids is 2. The zero-order chi connectivity index (χ0) is 20.1. The van der Waals surface area contributed by atoms with Crippen LogP contribution in [-0.2, 0) is 14.4 Å². The minimum atomic E-state index is -0.902. The third kappa shape index (κ3) is 2.81. The summed E-state index contributed by atoms with van der Waals surface area (Å²) < 4.78 is 6.52. The summed E-state index contributed by atoms with van der Waals surface area (Å²) in [7, 11) is 0. The molecule has 1 aromatic heterocycles. The Kier molecular flexibility index (Phi) is 4.29. The van der Waals surface area contributed by atoms with E-state index in [4.69, 9.17) is 9.25 Å². The van der Waals surface area contributed by atoms with Gasteiger partial charge in [0.25, 0.3) is 5.91 Å². The molecule has 0 unspecified atom stereocenters. The quantitative estimate of drug-likeness (QED) is 0.551. The second-order valence-corrected chi connectivity index (χ2v) is 8.03. The highest BCUT2D eigenvalue weighted by molar-refractivity contribution is 9.10. The van der Waals surface area contributed by atoms with Crippen molar-refractivity contribution in [3.63, 3.8) is 0 Å². The number of rotatable bonds is 3. The molecule has 5 rings (SSSR count). The molecule has 3 heterocycles. The average molecular weight is 453 g/mol. The van der Waals surface area contributed by atoms with Crippen molar-refractivity contribution >= 4 is 39.1 Å². The van der Waals surface area contributed by atoms with Crippen LogP contribution in [-0.4, -0.2) is 17.9 Å². The summed E-state index contributed by atoms with van der Waals surface area (Å²) in [6, 6.07) is 17.8. The smallest absolute Gasteiger partial charge is 0.266 e. The van der Waals surface area contributed by atoms with E-state index in [1.165, 1.54) is 4.90 Å². The van der Waals surface area contributed by atoms with Gasteiger partial charge in [0.05, 0.1) is 17.6 Å². The number of imide groups is 1. The van der Waals surface area contributed by atoms with Crippen molar-refractivity contribution in [2.24, 2.45) is 5.92 Å².